The van der Waals surface area contributed by atoms with Gasteiger partial charge in [0.15, 0.2) is 5.75 Å². The first-order valence-electron chi connectivity index (χ1n) is 14.2. The number of ether oxygens (including phenoxy) is 1. The maximum Gasteiger partial charge on any atom is 0.312 e. The Kier molecular flexibility index (Phi) is 9.38. The van der Waals surface area contributed by atoms with Gasteiger partial charge in [-0.3, -0.25) is 14.9 Å². The topological polar surface area (TPSA) is 134 Å². The molecule has 3 aromatic carbocycles. The largest absolute Gasteiger partial charge is 0.487 e. The molecule has 0 spiro atoms. The molecule has 3 aromatic rings. The molecule has 2 N–H and O–H groups in total. The number of hydrogen-bond donors (Lipinski definition) is 2. The SMILES string of the molecule is Cc1cccc(C(=O)NS(=O)(=O)c2ccc(OCC3CCNCC3)c([N+](=O)[O-])c2)c1N1CCN(c2ccccc2Cl)CC1. The molecule has 0 radical (unpaired) electrons. The Morgan fingerprint density at radius 1 is 1.05 bits per heavy atom. The molecule has 1 amide bonds. The van der Waals surface area contributed by atoms with Gasteiger partial charge in [-0.2, -0.15) is 0 Å². The van der Waals surface area contributed by atoms with Crippen molar-refractivity contribution in [1.82, 2.24) is 10.0 Å². The van der Waals surface area contributed by atoms with Crippen LogP contribution in [-0.4, -0.2) is 65.1 Å². The summed E-state index contributed by atoms with van der Waals surface area (Å²) in [4.78, 5) is 28.4. The molecule has 0 aliphatic carbocycles. The summed E-state index contributed by atoms with van der Waals surface area (Å²) in [6, 6.07) is 16.2. The number of aryl methyl sites for hydroxylation is 1. The normalized spacial score (nSPS) is 16.1. The summed E-state index contributed by atoms with van der Waals surface area (Å²) in [5, 5.41) is 15.7. The van der Waals surface area contributed by atoms with Crippen molar-refractivity contribution in [3.63, 3.8) is 0 Å². The van der Waals surface area contributed by atoms with Crippen LogP contribution in [0.2, 0.25) is 5.02 Å². The Morgan fingerprint density at radius 3 is 2.44 bits per heavy atom. The molecule has 0 saturated carbocycles. The van der Waals surface area contributed by atoms with Crippen molar-refractivity contribution in [1.29, 1.82) is 0 Å². The molecule has 43 heavy (non-hydrogen) atoms. The van der Waals surface area contributed by atoms with Crippen molar-refractivity contribution in [3.8, 4) is 5.75 Å². The van der Waals surface area contributed by atoms with Crippen LogP contribution in [0.25, 0.3) is 0 Å². The van der Waals surface area contributed by atoms with Gasteiger partial charge in [0.2, 0.25) is 0 Å². The van der Waals surface area contributed by atoms with Gasteiger partial charge in [0, 0.05) is 32.2 Å². The van der Waals surface area contributed by atoms with Crippen LogP contribution in [-0.2, 0) is 10.0 Å². The molecule has 5 rings (SSSR count). The number of anilines is 2. The lowest BCUT2D eigenvalue weighted by Gasteiger charge is -2.39. The zero-order valence-corrected chi connectivity index (χ0v) is 25.4. The number of para-hydroxylation sites is 2. The molecule has 2 aliphatic rings. The van der Waals surface area contributed by atoms with E-state index in [1.807, 2.05) is 37.3 Å². The third kappa shape index (κ3) is 7.03. The monoisotopic (exact) mass is 627 g/mol. The quantitative estimate of drug-likeness (QED) is 0.262. The predicted octanol–water partition coefficient (Wildman–Crippen LogP) is 4.38. The van der Waals surface area contributed by atoms with Crippen LogP contribution in [0.1, 0.15) is 28.8 Å². The number of piperidine rings is 1. The molecule has 228 valence electrons. The lowest BCUT2D eigenvalue weighted by Crippen LogP contribution is -2.47. The number of hydrogen-bond acceptors (Lipinski definition) is 9. The van der Waals surface area contributed by atoms with E-state index >= 15 is 0 Å². The van der Waals surface area contributed by atoms with E-state index in [4.69, 9.17) is 16.3 Å². The minimum absolute atomic E-state index is 0.00860. The summed E-state index contributed by atoms with van der Waals surface area (Å²) in [5.74, 6) is -0.571. The molecule has 0 atom stereocenters. The maximum absolute atomic E-state index is 13.4. The van der Waals surface area contributed by atoms with E-state index in [2.05, 4.69) is 19.8 Å². The third-order valence-corrected chi connectivity index (χ3v) is 9.52. The van der Waals surface area contributed by atoms with E-state index in [-0.39, 0.29) is 17.2 Å². The van der Waals surface area contributed by atoms with Gasteiger partial charge in [-0.15, -0.1) is 0 Å². The molecule has 2 fully saturated rings. The highest BCUT2D eigenvalue weighted by Crippen LogP contribution is 2.32. The summed E-state index contributed by atoms with van der Waals surface area (Å²) in [6.07, 6.45) is 1.79. The molecule has 0 aromatic heterocycles. The molecule has 2 saturated heterocycles. The van der Waals surface area contributed by atoms with Gasteiger partial charge >= 0.3 is 5.69 Å². The van der Waals surface area contributed by atoms with Crippen molar-refractivity contribution < 1.29 is 22.9 Å². The average molecular weight is 628 g/mol. The number of amides is 1. The summed E-state index contributed by atoms with van der Waals surface area (Å²) < 4.78 is 34.4. The Labute approximate surface area is 256 Å². The van der Waals surface area contributed by atoms with Crippen LogP contribution < -0.4 is 24.6 Å². The first kappa shape index (κ1) is 30.6. The van der Waals surface area contributed by atoms with Crippen LogP contribution in [0.3, 0.4) is 0 Å². The van der Waals surface area contributed by atoms with Gasteiger partial charge in [-0.25, -0.2) is 13.1 Å². The molecule has 13 heteroatoms. The zero-order valence-electron chi connectivity index (χ0n) is 23.8. The first-order chi connectivity index (χ1) is 20.6. The number of nitro benzene ring substituents is 1. The lowest BCUT2D eigenvalue weighted by atomic mass is 9.99. The number of nitrogens with zero attached hydrogens (tertiary/aromatic N) is 3. The Bertz CT molecular complexity index is 1600. The van der Waals surface area contributed by atoms with Crippen molar-refractivity contribution in [3.05, 3.63) is 86.9 Å². The molecular formula is C30H34ClN5O6S. The number of benzene rings is 3. The van der Waals surface area contributed by atoms with Gasteiger partial charge < -0.3 is 19.9 Å². The minimum atomic E-state index is -4.43. The van der Waals surface area contributed by atoms with E-state index in [9.17, 15) is 23.3 Å². The number of rotatable bonds is 9. The second-order valence-corrected chi connectivity index (χ2v) is 12.8. The molecule has 0 bridgehead atoms. The van der Waals surface area contributed by atoms with Crippen LogP contribution >= 0.6 is 11.6 Å². The average Bonchev–Trinajstić information content (AvgIpc) is 3.00. The number of carbonyl (C=O) groups is 1. The van der Waals surface area contributed by atoms with Crippen molar-refractivity contribution >= 4 is 44.6 Å². The Hall–Kier alpha value is -3.87. The van der Waals surface area contributed by atoms with Crippen LogP contribution in [0.4, 0.5) is 17.1 Å². The highest BCUT2D eigenvalue weighted by Gasteiger charge is 2.28. The van der Waals surface area contributed by atoms with Gasteiger partial charge in [0.25, 0.3) is 15.9 Å². The van der Waals surface area contributed by atoms with Crippen LogP contribution in [0, 0.1) is 23.0 Å². The second kappa shape index (κ2) is 13.2. The van der Waals surface area contributed by atoms with E-state index < -0.39 is 31.4 Å². The second-order valence-electron chi connectivity index (χ2n) is 10.7. The minimum Gasteiger partial charge on any atom is -0.487 e. The summed E-state index contributed by atoms with van der Waals surface area (Å²) in [6.45, 7) is 6.38. The molecular weight excluding hydrogens is 594 g/mol. The summed E-state index contributed by atoms with van der Waals surface area (Å²) >= 11 is 6.39. The number of halogens is 1. The maximum atomic E-state index is 13.4. The van der Waals surface area contributed by atoms with E-state index in [0.717, 1.165) is 43.2 Å². The van der Waals surface area contributed by atoms with Gasteiger partial charge in [-0.1, -0.05) is 35.9 Å². The standard InChI is InChI=1S/C30H34ClN5O6S/c1-21-5-4-6-24(29(21)35-17-15-34(16-18-35)26-8-3-2-7-25(26)31)30(37)33-43(40,41)23-9-10-28(27(19-23)36(38)39)42-20-22-11-13-32-14-12-22/h2-10,19,22,32H,11-18,20H2,1H3,(H,33,37). The predicted molar refractivity (Wildman–Crippen MR) is 166 cm³/mol. The summed E-state index contributed by atoms with van der Waals surface area (Å²) in [5.41, 5.74) is 2.13. The Morgan fingerprint density at radius 2 is 1.74 bits per heavy atom. The number of nitro groups is 1. The zero-order chi connectivity index (χ0) is 30.6. The van der Waals surface area contributed by atoms with Crippen molar-refractivity contribution in [2.75, 3.05) is 55.7 Å². The van der Waals surface area contributed by atoms with Gasteiger partial charge in [0.1, 0.15) is 0 Å². The fraction of sp³-hybridized carbons (Fsp3) is 0.367. The lowest BCUT2D eigenvalue weighted by molar-refractivity contribution is -0.386. The van der Waals surface area contributed by atoms with E-state index in [1.165, 1.54) is 12.1 Å². The third-order valence-electron chi connectivity index (χ3n) is 7.87. The first-order valence-corrected chi connectivity index (χ1v) is 16.0. The Balaban J connectivity index is 1.31. The van der Waals surface area contributed by atoms with Crippen molar-refractivity contribution in [2.24, 2.45) is 5.92 Å². The van der Waals surface area contributed by atoms with E-state index in [0.29, 0.717) is 43.5 Å². The van der Waals surface area contributed by atoms with Crippen LogP contribution in [0.5, 0.6) is 5.75 Å². The van der Waals surface area contributed by atoms with Crippen molar-refractivity contribution in [2.45, 2.75) is 24.7 Å². The highest BCUT2D eigenvalue weighted by molar-refractivity contribution is 7.90. The smallest absolute Gasteiger partial charge is 0.312 e. The van der Waals surface area contributed by atoms with E-state index in [1.54, 1.807) is 12.1 Å². The molecule has 2 aliphatic heterocycles. The number of carbonyl (C=O) groups excluding carboxylic acids is 1. The molecule has 2 heterocycles. The number of sulfonamides is 1. The molecule has 0 unspecified atom stereocenters. The number of piperazine rings is 1. The highest BCUT2D eigenvalue weighted by atomic mass is 35.5. The van der Waals surface area contributed by atoms with Gasteiger partial charge in [-0.05, 0) is 74.7 Å². The molecule has 11 nitrogen and oxygen atoms in total. The van der Waals surface area contributed by atoms with Crippen LogP contribution in [0.15, 0.2) is 65.6 Å². The summed E-state index contributed by atoms with van der Waals surface area (Å²) in [7, 11) is -4.43. The fourth-order valence-electron chi connectivity index (χ4n) is 5.56. The number of nitrogens with one attached hydrogen (secondary N) is 2. The fourth-order valence-corrected chi connectivity index (χ4v) is 6.80. The van der Waals surface area contributed by atoms with Gasteiger partial charge in [0.05, 0.1) is 38.4 Å².